The van der Waals surface area contributed by atoms with Gasteiger partial charge in [-0.25, -0.2) is 4.79 Å². The molecule has 0 amide bonds. The quantitative estimate of drug-likeness (QED) is 0.759. The lowest BCUT2D eigenvalue weighted by Crippen LogP contribution is -2.34. The lowest BCUT2D eigenvalue weighted by atomic mass is 9.75. The number of aliphatic hydroxyl groups is 1. The van der Waals surface area contributed by atoms with Crippen LogP contribution < -0.4 is 0 Å². The van der Waals surface area contributed by atoms with Gasteiger partial charge >= 0.3 is 5.97 Å². The number of hydrogen-bond acceptors (Lipinski definition) is 3. The van der Waals surface area contributed by atoms with Crippen molar-refractivity contribution in [1.82, 2.24) is 0 Å². The summed E-state index contributed by atoms with van der Waals surface area (Å²) >= 11 is 0. The molecular formula is C21H28O4. The Morgan fingerprint density at radius 3 is 2.76 bits per heavy atom. The second-order valence-electron chi connectivity index (χ2n) is 7.83. The Balaban J connectivity index is 1.98. The molecule has 4 heteroatoms. The Labute approximate surface area is 149 Å². The maximum Gasteiger partial charge on any atom is 0.335 e. The molecule has 0 saturated carbocycles. The van der Waals surface area contributed by atoms with Crippen LogP contribution in [0.5, 0.6) is 0 Å². The van der Waals surface area contributed by atoms with Crippen LogP contribution in [0.25, 0.3) is 5.57 Å². The summed E-state index contributed by atoms with van der Waals surface area (Å²) in [5, 5.41) is 20.1. The van der Waals surface area contributed by atoms with E-state index in [1.807, 2.05) is 19.9 Å². The number of ether oxygens (including phenoxy) is 1. The Morgan fingerprint density at radius 2 is 2.08 bits per heavy atom. The molecule has 0 saturated heterocycles. The summed E-state index contributed by atoms with van der Waals surface area (Å²) in [5.41, 5.74) is 2.31. The van der Waals surface area contributed by atoms with Crippen molar-refractivity contribution in [3.63, 3.8) is 0 Å². The molecule has 0 radical (unpaired) electrons. The molecule has 1 aromatic rings. The lowest BCUT2D eigenvalue weighted by molar-refractivity contribution is 0.00843. The van der Waals surface area contributed by atoms with Crippen molar-refractivity contribution in [2.75, 3.05) is 0 Å². The molecule has 0 bridgehead atoms. The summed E-state index contributed by atoms with van der Waals surface area (Å²) in [6.45, 7) is 6.20. The van der Waals surface area contributed by atoms with E-state index >= 15 is 0 Å². The molecule has 1 heterocycles. The van der Waals surface area contributed by atoms with E-state index in [4.69, 9.17) is 4.74 Å². The van der Waals surface area contributed by atoms with Crippen molar-refractivity contribution in [3.05, 3.63) is 40.6 Å². The summed E-state index contributed by atoms with van der Waals surface area (Å²) in [4.78, 5) is 11.4. The zero-order chi connectivity index (χ0) is 18.2. The second-order valence-corrected chi connectivity index (χ2v) is 7.83. The molecule has 25 heavy (non-hydrogen) atoms. The number of hydrogen-bond donors (Lipinski definition) is 2. The van der Waals surface area contributed by atoms with Gasteiger partial charge in [-0.05, 0) is 50.3 Å². The van der Waals surface area contributed by atoms with Gasteiger partial charge in [0.2, 0.25) is 0 Å². The molecule has 3 rings (SSSR count). The number of carboxylic acid groups (broad SMARTS) is 1. The van der Waals surface area contributed by atoms with Crippen molar-refractivity contribution in [3.8, 4) is 0 Å². The first-order valence-electron chi connectivity index (χ1n) is 9.31. The number of fused-ring (bicyclic) bond motifs is 2. The van der Waals surface area contributed by atoms with Crippen LogP contribution in [0.4, 0.5) is 0 Å². The highest BCUT2D eigenvalue weighted by Gasteiger charge is 2.40. The fraction of sp³-hybridized carbons (Fsp3) is 0.571. The molecule has 2 aliphatic rings. The summed E-state index contributed by atoms with van der Waals surface area (Å²) < 4.78 is 6.28. The highest BCUT2D eigenvalue weighted by atomic mass is 16.5. The van der Waals surface area contributed by atoms with Gasteiger partial charge in [-0.1, -0.05) is 32.3 Å². The monoisotopic (exact) mass is 344 g/mol. The van der Waals surface area contributed by atoms with Gasteiger partial charge in [-0.15, -0.1) is 0 Å². The molecule has 2 unspecified atom stereocenters. The molecule has 1 aliphatic heterocycles. The highest BCUT2D eigenvalue weighted by Crippen LogP contribution is 2.48. The van der Waals surface area contributed by atoms with Crippen molar-refractivity contribution in [2.24, 2.45) is 5.92 Å². The summed E-state index contributed by atoms with van der Waals surface area (Å²) in [6.07, 6.45) is 5.66. The number of unbranched alkanes of at least 4 members (excludes halogenated alkanes) is 2. The summed E-state index contributed by atoms with van der Waals surface area (Å²) in [6, 6.07) is 5.13. The van der Waals surface area contributed by atoms with E-state index in [-0.39, 0.29) is 5.56 Å². The van der Waals surface area contributed by atoms with Crippen LogP contribution >= 0.6 is 0 Å². The van der Waals surface area contributed by atoms with Gasteiger partial charge in [0.25, 0.3) is 0 Å². The Kier molecular flexibility index (Phi) is 4.92. The normalized spacial score (nSPS) is 24.3. The van der Waals surface area contributed by atoms with Gasteiger partial charge in [0.15, 0.2) is 0 Å². The maximum atomic E-state index is 11.4. The predicted molar refractivity (Wildman–Crippen MR) is 97.3 cm³/mol. The van der Waals surface area contributed by atoms with Crippen LogP contribution in [-0.4, -0.2) is 22.3 Å². The van der Waals surface area contributed by atoms with Crippen LogP contribution in [0.3, 0.4) is 0 Å². The van der Waals surface area contributed by atoms with Gasteiger partial charge in [0, 0.05) is 17.6 Å². The molecular weight excluding hydrogens is 316 g/mol. The second kappa shape index (κ2) is 6.83. The van der Waals surface area contributed by atoms with E-state index in [1.165, 1.54) is 19.3 Å². The van der Waals surface area contributed by atoms with Gasteiger partial charge in [-0.2, -0.15) is 0 Å². The minimum atomic E-state index is -0.947. The third kappa shape index (κ3) is 3.45. The Hall–Kier alpha value is -1.81. The Bertz CT molecular complexity index is 702. The summed E-state index contributed by atoms with van der Waals surface area (Å²) in [5.74, 6) is 0.331. The molecule has 0 spiro atoms. The van der Waals surface area contributed by atoms with E-state index < -0.39 is 17.7 Å². The first-order valence-corrected chi connectivity index (χ1v) is 9.31. The molecule has 1 aromatic carbocycles. The minimum Gasteiger partial charge on any atom is -0.487 e. The molecule has 2 N–H and O–H groups in total. The van der Waals surface area contributed by atoms with Crippen LogP contribution in [0.1, 0.15) is 80.8 Å². The van der Waals surface area contributed by atoms with Gasteiger partial charge in [-0.3, -0.25) is 0 Å². The van der Waals surface area contributed by atoms with Gasteiger partial charge < -0.3 is 14.9 Å². The van der Waals surface area contributed by atoms with E-state index in [0.29, 0.717) is 5.92 Å². The first-order chi connectivity index (χ1) is 11.8. The molecule has 1 aliphatic carbocycles. The van der Waals surface area contributed by atoms with E-state index in [1.54, 1.807) is 12.1 Å². The maximum absolute atomic E-state index is 11.4. The molecule has 136 valence electrons. The average Bonchev–Trinajstić information content (AvgIpc) is 2.53. The van der Waals surface area contributed by atoms with Crippen molar-refractivity contribution in [1.29, 1.82) is 0 Å². The minimum absolute atomic E-state index is 0.251. The van der Waals surface area contributed by atoms with Crippen LogP contribution in [-0.2, 0) is 10.3 Å². The van der Waals surface area contributed by atoms with Gasteiger partial charge in [0.05, 0.1) is 11.7 Å². The number of rotatable bonds is 5. The summed E-state index contributed by atoms with van der Waals surface area (Å²) in [7, 11) is 0. The smallest absolute Gasteiger partial charge is 0.335 e. The van der Waals surface area contributed by atoms with Crippen LogP contribution in [0.15, 0.2) is 24.0 Å². The fourth-order valence-corrected chi connectivity index (χ4v) is 4.19. The van der Waals surface area contributed by atoms with Crippen LogP contribution in [0.2, 0.25) is 0 Å². The standard InChI is InChI=1S/C21H28O4/c1-4-5-6-7-13-10-17(22)19-15-12-14(20(23)24)8-9-16(15)21(2,3)25-18(19)11-13/h8-9,12-13,17,22H,4-7,10-11H2,1-3H3,(H,23,24). The highest BCUT2D eigenvalue weighted by molar-refractivity contribution is 5.90. The predicted octanol–water partition coefficient (Wildman–Crippen LogP) is 4.71. The zero-order valence-electron chi connectivity index (χ0n) is 15.3. The van der Waals surface area contributed by atoms with Crippen molar-refractivity contribution >= 4 is 11.5 Å². The number of benzene rings is 1. The topological polar surface area (TPSA) is 66.8 Å². The number of aromatic carboxylic acids is 1. The van der Waals surface area contributed by atoms with Gasteiger partial charge in [0.1, 0.15) is 11.4 Å². The number of allylic oxidation sites excluding steroid dienone is 1. The lowest BCUT2D eigenvalue weighted by Gasteiger charge is -2.42. The molecule has 0 aromatic heterocycles. The number of carboxylic acids is 1. The SMILES string of the molecule is CCCCCC1CC2=C(c3cc(C(=O)O)ccc3C(C)(C)O2)C(O)C1. The Morgan fingerprint density at radius 1 is 1.32 bits per heavy atom. The fourth-order valence-electron chi connectivity index (χ4n) is 4.19. The van der Waals surface area contributed by atoms with Crippen molar-refractivity contribution in [2.45, 2.75) is 71.0 Å². The molecule has 2 atom stereocenters. The third-order valence-corrected chi connectivity index (χ3v) is 5.46. The zero-order valence-corrected chi connectivity index (χ0v) is 15.3. The van der Waals surface area contributed by atoms with E-state index in [9.17, 15) is 15.0 Å². The largest absolute Gasteiger partial charge is 0.487 e. The average molecular weight is 344 g/mol. The number of aliphatic hydroxyl groups excluding tert-OH is 1. The van der Waals surface area contributed by atoms with Crippen molar-refractivity contribution < 1.29 is 19.7 Å². The third-order valence-electron chi connectivity index (χ3n) is 5.46. The van der Waals surface area contributed by atoms with E-state index in [0.717, 1.165) is 41.7 Å². The molecule has 0 fully saturated rings. The van der Waals surface area contributed by atoms with E-state index in [2.05, 4.69) is 6.92 Å². The first kappa shape index (κ1) is 18.0. The van der Waals surface area contributed by atoms with Crippen LogP contribution in [0, 0.1) is 5.92 Å². The molecule has 4 nitrogen and oxygen atoms in total. The number of carbonyl (C=O) groups is 1.